The smallest absolute Gasteiger partial charge is 0.172 e. The molecule has 0 aliphatic carbocycles. The highest BCUT2D eigenvalue weighted by Crippen LogP contribution is 2.27. The van der Waals surface area contributed by atoms with E-state index in [1.54, 1.807) is 23.9 Å². The van der Waals surface area contributed by atoms with Gasteiger partial charge in [0.05, 0.1) is 16.1 Å². The van der Waals surface area contributed by atoms with Crippen LogP contribution in [0, 0.1) is 18.3 Å². The molecule has 0 radical (unpaired) electrons. The number of nitriles is 1. The summed E-state index contributed by atoms with van der Waals surface area (Å²) in [4.78, 5) is 9.39. The van der Waals surface area contributed by atoms with E-state index in [2.05, 4.69) is 31.6 Å². The molecule has 0 saturated heterocycles. The number of nitrogens with one attached hydrogen (secondary N) is 2. The number of aromatic nitrogens is 3. The Balaban J connectivity index is 1.87. The molecule has 0 unspecified atom stereocenters. The molecule has 2 heterocycles. The number of thiazole rings is 1. The van der Waals surface area contributed by atoms with Gasteiger partial charge < -0.3 is 5.32 Å². The molecular formula is C15H11ClN6S. The Bertz CT molecular complexity index is 905. The van der Waals surface area contributed by atoms with E-state index in [0.717, 1.165) is 16.3 Å². The quantitative estimate of drug-likeness (QED) is 0.695. The SMILES string of the molecule is Cc1ncsc1/C=N/c1[nH]nc(Nc2cccc(Cl)c2)c1C#N. The number of aliphatic imine (C=N–C) groups is 1. The van der Waals surface area contributed by atoms with Crippen LogP contribution in [0.15, 0.2) is 34.8 Å². The van der Waals surface area contributed by atoms with Gasteiger partial charge in [-0.1, -0.05) is 17.7 Å². The highest BCUT2D eigenvalue weighted by atomic mass is 35.5. The molecule has 0 aliphatic rings. The molecule has 0 amide bonds. The molecule has 0 fully saturated rings. The molecule has 0 bridgehead atoms. The maximum Gasteiger partial charge on any atom is 0.172 e. The van der Waals surface area contributed by atoms with Crippen molar-refractivity contribution in [2.45, 2.75) is 6.92 Å². The van der Waals surface area contributed by atoms with E-state index in [4.69, 9.17) is 11.6 Å². The molecule has 0 saturated carbocycles. The molecule has 0 aliphatic heterocycles. The third kappa shape index (κ3) is 3.39. The van der Waals surface area contributed by atoms with Crippen LogP contribution in [0.3, 0.4) is 0 Å². The zero-order valence-corrected chi connectivity index (χ0v) is 13.6. The maximum atomic E-state index is 9.37. The standard InChI is InChI=1S/C15H11ClN6S/c1-9-13(23-8-19-9)7-18-14-12(6-17)15(22-21-14)20-11-4-2-3-10(16)5-11/h2-5,7-8H,1H3,(H2,20,21,22)/b18-7+. The molecule has 0 spiro atoms. The van der Waals surface area contributed by atoms with E-state index < -0.39 is 0 Å². The van der Waals surface area contributed by atoms with Gasteiger partial charge in [-0.25, -0.2) is 9.98 Å². The Morgan fingerprint density at radius 2 is 2.35 bits per heavy atom. The van der Waals surface area contributed by atoms with Gasteiger partial charge in [-0.2, -0.15) is 10.4 Å². The average Bonchev–Trinajstić information content (AvgIpc) is 3.11. The number of nitrogens with zero attached hydrogens (tertiary/aromatic N) is 4. The lowest BCUT2D eigenvalue weighted by molar-refractivity contribution is 1.09. The number of hydrogen-bond acceptors (Lipinski definition) is 6. The third-order valence-corrected chi connectivity index (χ3v) is 4.14. The Kier molecular flexibility index (Phi) is 4.37. The molecule has 114 valence electrons. The lowest BCUT2D eigenvalue weighted by atomic mass is 10.3. The van der Waals surface area contributed by atoms with E-state index in [-0.39, 0.29) is 0 Å². The summed E-state index contributed by atoms with van der Waals surface area (Å²) in [5, 5.41) is 19.9. The van der Waals surface area contributed by atoms with Crippen LogP contribution < -0.4 is 5.32 Å². The minimum atomic E-state index is 0.336. The number of aryl methyl sites for hydroxylation is 1. The lowest BCUT2D eigenvalue weighted by Crippen LogP contribution is -1.92. The van der Waals surface area contributed by atoms with Gasteiger partial charge in [-0.15, -0.1) is 11.3 Å². The first-order valence-electron chi connectivity index (χ1n) is 6.62. The van der Waals surface area contributed by atoms with Gasteiger partial charge in [0.15, 0.2) is 11.6 Å². The first-order valence-corrected chi connectivity index (χ1v) is 7.88. The summed E-state index contributed by atoms with van der Waals surface area (Å²) in [6.45, 7) is 1.90. The number of H-pyrrole nitrogens is 1. The second-order valence-corrected chi connectivity index (χ2v) is 5.93. The summed E-state index contributed by atoms with van der Waals surface area (Å²) in [5.74, 6) is 0.799. The van der Waals surface area contributed by atoms with E-state index in [1.807, 2.05) is 19.1 Å². The monoisotopic (exact) mass is 342 g/mol. The topological polar surface area (TPSA) is 89.8 Å². The Morgan fingerprint density at radius 1 is 1.48 bits per heavy atom. The van der Waals surface area contributed by atoms with Crippen LogP contribution >= 0.6 is 22.9 Å². The molecule has 6 nitrogen and oxygen atoms in total. The number of benzene rings is 1. The molecular weight excluding hydrogens is 332 g/mol. The fourth-order valence-corrected chi connectivity index (χ4v) is 2.74. The Labute approximate surface area is 141 Å². The molecule has 3 rings (SSSR count). The number of hydrogen-bond donors (Lipinski definition) is 2. The van der Waals surface area contributed by atoms with Crippen molar-refractivity contribution in [2.24, 2.45) is 4.99 Å². The van der Waals surface area contributed by atoms with Crippen LogP contribution in [0.1, 0.15) is 16.1 Å². The minimum Gasteiger partial charge on any atom is -0.338 e. The van der Waals surface area contributed by atoms with Crippen LogP contribution in [0.25, 0.3) is 0 Å². The number of aromatic amines is 1. The van der Waals surface area contributed by atoms with Crippen molar-refractivity contribution in [1.29, 1.82) is 5.26 Å². The molecule has 3 aromatic rings. The average molecular weight is 343 g/mol. The number of rotatable bonds is 4. The summed E-state index contributed by atoms with van der Waals surface area (Å²) >= 11 is 7.44. The van der Waals surface area contributed by atoms with Crippen LogP contribution in [-0.2, 0) is 0 Å². The molecule has 2 aromatic heterocycles. The molecule has 23 heavy (non-hydrogen) atoms. The first-order chi connectivity index (χ1) is 11.2. The van der Waals surface area contributed by atoms with Crippen molar-refractivity contribution in [1.82, 2.24) is 15.2 Å². The summed E-state index contributed by atoms with van der Waals surface area (Å²) < 4.78 is 0. The van der Waals surface area contributed by atoms with E-state index in [0.29, 0.717) is 22.2 Å². The number of halogens is 1. The maximum absolute atomic E-state index is 9.37. The Hall–Kier alpha value is -2.69. The second-order valence-electron chi connectivity index (χ2n) is 4.60. The fraction of sp³-hybridized carbons (Fsp3) is 0.0667. The van der Waals surface area contributed by atoms with E-state index in [1.165, 1.54) is 11.3 Å². The second kappa shape index (κ2) is 6.60. The zero-order valence-electron chi connectivity index (χ0n) is 12.0. The molecule has 8 heteroatoms. The van der Waals surface area contributed by atoms with Gasteiger partial charge >= 0.3 is 0 Å². The van der Waals surface area contributed by atoms with Crippen molar-refractivity contribution in [3.05, 3.63) is 50.9 Å². The number of anilines is 2. The van der Waals surface area contributed by atoms with Gasteiger partial charge in [-0.3, -0.25) is 5.10 Å². The summed E-state index contributed by atoms with van der Waals surface area (Å²) in [6, 6.07) is 9.29. The summed E-state index contributed by atoms with van der Waals surface area (Å²) in [5.41, 5.74) is 3.73. The highest BCUT2D eigenvalue weighted by Gasteiger charge is 2.12. The van der Waals surface area contributed by atoms with Gasteiger partial charge in [0.1, 0.15) is 11.6 Å². The molecule has 1 aromatic carbocycles. The predicted molar refractivity (Wildman–Crippen MR) is 92.1 cm³/mol. The van der Waals surface area contributed by atoms with Crippen molar-refractivity contribution in [3.63, 3.8) is 0 Å². The van der Waals surface area contributed by atoms with Crippen LogP contribution in [0.5, 0.6) is 0 Å². The first kappa shape index (κ1) is 15.2. The van der Waals surface area contributed by atoms with Crippen molar-refractivity contribution < 1.29 is 0 Å². The van der Waals surface area contributed by atoms with Gasteiger partial charge in [0, 0.05) is 16.9 Å². The van der Waals surface area contributed by atoms with Gasteiger partial charge in [-0.05, 0) is 25.1 Å². The molecule has 0 atom stereocenters. The van der Waals surface area contributed by atoms with E-state index >= 15 is 0 Å². The van der Waals surface area contributed by atoms with Crippen LogP contribution in [0.2, 0.25) is 5.02 Å². The van der Waals surface area contributed by atoms with Crippen molar-refractivity contribution >= 4 is 46.5 Å². The van der Waals surface area contributed by atoms with Crippen LogP contribution in [-0.4, -0.2) is 21.4 Å². The summed E-state index contributed by atoms with van der Waals surface area (Å²) in [7, 11) is 0. The largest absolute Gasteiger partial charge is 0.338 e. The van der Waals surface area contributed by atoms with Gasteiger partial charge in [0.2, 0.25) is 0 Å². The lowest BCUT2D eigenvalue weighted by Gasteiger charge is -2.03. The zero-order chi connectivity index (χ0) is 16.2. The van der Waals surface area contributed by atoms with Crippen molar-refractivity contribution in [2.75, 3.05) is 5.32 Å². The van der Waals surface area contributed by atoms with E-state index in [9.17, 15) is 5.26 Å². The molecule has 2 N–H and O–H groups in total. The normalized spacial score (nSPS) is 10.8. The van der Waals surface area contributed by atoms with Crippen molar-refractivity contribution in [3.8, 4) is 6.07 Å². The highest BCUT2D eigenvalue weighted by molar-refractivity contribution is 7.11. The third-order valence-electron chi connectivity index (χ3n) is 3.04. The fourth-order valence-electron chi connectivity index (χ4n) is 1.88. The Morgan fingerprint density at radius 3 is 3.04 bits per heavy atom. The van der Waals surface area contributed by atoms with Gasteiger partial charge in [0.25, 0.3) is 0 Å². The summed E-state index contributed by atoms with van der Waals surface area (Å²) in [6.07, 6.45) is 1.67. The van der Waals surface area contributed by atoms with Crippen LogP contribution in [0.4, 0.5) is 17.3 Å². The minimum absolute atomic E-state index is 0.336. The predicted octanol–water partition coefficient (Wildman–Crippen LogP) is 4.19.